The monoisotopic (exact) mass is 116 g/mol. The molecule has 0 bridgehead atoms. The maximum absolute atomic E-state index is 10.2. The Morgan fingerprint density at radius 1 is 1.86 bits per heavy atom. The minimum Gasteiger partial charge on any atom is -0.403 e. The van der Waals surface area contributed by atoms with Crippen molar-refractivity contribution < 1.29 is 3.85 Å². The zero-order chi connectivity index (χ0) is 5.28. The lowest BCUT2D eigenvalue weighted by atomic mass is 10.5. The molecule has 2 nitrogen and oxygen atoms in total. The number of hydrogen-bond acceptors (Lipinski definition) is 3. The van der Waals surface area contributed by atoms with Crippen LogP contribution < -0.4 is 4.74 Å². The fraction of sp³-hybridized carbons (Fsp3) is 0.250. The Morgan fingerprint density at radius 3 is 2.71 bits per heavy atom. The fourth-order valence-electron chi connectivity index (χ4n) is 0.321. The van der Waals surface area contributed by atoms with Gasteiger partial charge in [0.2, 0.25) is 0 Å². The lowest BCUT2D eigenvalue weighted by Gasteiger charge is -1.65. The number of rotatable bonds is 0. The molecule has 0 aromatic carbocycles. The van der Waals surface area contributed by atoms with Crippen LogP contribution in [0.4, 0.5) is 0 Å². The van der Waals surface area contributed by atoms with Crippen LogP contribution in [0.1, 0.15) is 5.76 Å². The molecule has 0 N–H and O–H groups in total. The smallest absolute Gasteiger partial charge is 0.269 e. The second-order valence-electron chi connectivity index (χ2n) is 1.24. The molecule has 1 heterocycles. The second kappa shape index (κ2) is 1.50. The third-order valence-electron chi connectivity index (χ3n) is 0.576. The van der Waals surface area contributed by atoms with Crippen molar-refractivity contribution in [2.45, 2.75) is 6.92 Å². The molecule has 38 valence electrons. The lowest BCUT2D eigenvalue weighted by molar-refractivity contribution is 0.647. The highest BCUT2D eigenvalue weighted by molar-refractivity contribution is 7.00. The van der Waals surface area contributed by atoms with Crippen molar-refractivity contribution in [3.05, 3.63) is 21.4 Å². The van der Waals surface area contributed by atoms with E-state index in [-0.39, 0.29) is 4.74 Å². The van der Waals surface area contributed by atoms with E-state index in [0.29, 0.717) is 5.76 Å². The Balaban J connectivity index is 3.30. The zero-order valence-electron chi connectivity index (χ0n) is 3.80. The van der Waals surface area contributed by atoms with Gasteiger partial charge in [0.1, 0.15) is 5.76 Å². The molecular weight excluding hydrogens is 112 g/mol. The summed E-state index contributed by atoms with van der Waals surface area (Å²) >= 11 is 0.874. The molecule has 0 amide bonds. The van der Waals surface area contributed by atoms with Gasteiger partial charge in [-0.2, -0.15) is 0 Å². The van der Waals surface area contributed by atoms with Crippen molar-refractivity contribution in [1.29, 1.82) is 0 Å². The SMILES string of the molecule is Cc1cc(=O)so1. The van der Waals surface area contributed by atoms with Gasteiger partial charge in [0, 0.05) is 6.07 Å². The maximum atomic E-state index is 10.2. The molecule has 1 rings (SSSR count). The van der Waals surface area contributed by atoms with Crippen LogP contribution in [0.3, 0.4) is 0 Å². The van der Waals surface area contributed by atoms with Crippen LogP contribution in [0.5, 0.6) is 0 Å². The van der Waals surface area contributed by atoms with Crippen LogP contribution in [0.15, 0.2) is 14.7 Å². The number of aryl methyl sites for hydroxylation is 1. The van der Waals surface area contributed by atoms with Gasteiger partial charge in [-0.1, -0.05) is 0 Å². The molecule has 3 heteroatoms. The molecule has 0 unspecified atom stereocenters. The molecule has 0 fully saturated rings. The highest BCUT2D eigenvalue weighted by Gasteiger charge is 1.87. The van der Waals surface area contributed by atoms with E-state index < -0.39 is 0 Å². The molecule has 0 aliphatic carbocycles. The van der Waals surface area contributed by atoms with Crippen molar-refractivity contribution in [3.8, 4) is 0 Å². The largest absolute Gasteiger partial charge is 0.403 e. The predicted octanol–water partition coefficient (Wildman–Crippen LogP) is 1.01. The molecule has 1 aromatic heterocycles. The Kier molecular flexibility index (Phi) is 0.982. The molecule has 0 saturated carbocycles. The van der Waals surface area contributed by atoms with Crippen molar-refractivity contribution in [1.82, 2.24) is 0 Å². The Morgan fingerprint density at radius 2 is 2.57 bits per heavy atom. The van der Waals surface area contributed by atoms with E-state index in [9.17, 15) is 4.79 Å². The van der Waals surface area contributed by atoms with Gasteiger partial charge in [-0.05, 0) is 6.92 Å². The quantitative estimate of drug-likeness (QED) is 0.506. The third-order valence-corrected chi connectivity index (χ3v) is 1.20. The van der Waals surface area contributed by atoms with Crippen LogP contribution in [0, 0.1) is 6.92 Å². The van der Waals surface area contributed by atoms with Gasteiger partial charge in [0.25, 0.3) is 4.74 Å². The van der Waals surface area contributed by atoms with Gasteiger partial charge in [-0.15, -0.1) is 0 Å². The fourth-order valence-corrected chi connectivity index (χ4v) is 0.797. The standard InChI is InChI=1S/C4H4O2S/c1-3-2-4(5)7-6-3/h2H,1H3. The highest BCUT2D eigenvalue weighted by atomic mass is 32.1. The summed E-state index contributed by atoms with van der Waals surface area (Å²) < 4.78 is 4.68. The van der Waals surface area contributed by atoms with Gasteiger partial charge in [-0.25, -0.2) is 0 Å². The molecule has 0 radical (unpaired) electrons. The first-order chi connectivity index (χ1) is 3.29. The van der Waals surface area contributed by atoms with Gasteiger partial charge in [0.15, 0.2) is 0 Å². The first-order valence-corrected chi connectivity index (χ1v) is 2.60. The first-order valence-electron chi connectivity index (χ1n) is 1.86. The topological polar surface area (TPSA) is 30.2 Å². The summed E-state index contributed by atoms with van der Waals surface area (Å²) in [4.78, 5) is 10.2. The lowest BCUT2D eigenvalue weighted by Crippen LogP contribution is -1.80. The average molecular weight is 116 g/mol. The normalized spacial score (nSPS) is 9.29. The minimum atomic E-state index is -0.0162. The van der Waals surface area contributed by atoms with Crippen molar-refractivity contribution in [2.75, 3.05) is 0 Å². The summed E-state index contributed by atoms with van der Waals surface area (Å²) in [5.41, 5.74) is 0. The van der Waals surface area contributed by atoms with E-state index in [2.05, 4.69) is 0 Å². The molecule has 0 atom stereocenters. The Hall–Kier alpha value is -0.570. The van der Waals surface area contributed by atoms with Crippen molar-refractivity contribution >= 4 is 11.6 Å². The molecule has 1 aromatic rings. The van der Waals surface area contributed by atoms with E-state index in [1.54, 1.807) is 6.92 Å². The van der Waals surface area contributed by atoms with E-state index in [0.717, 1.165) is 11.6 Å². The summed E-state index contributed by atoms with van der Waals surface area (Å²) in [5.74, 6) is 0.690. The Labute approximate surface area is 44.6 Å². The van der Waals surface area contributed by atoms with E-state index >= 15 is 0 Å². The third kappa shape index (κ3) is 0.899. The van der Waals surface area contributed by atoms with Crippen LogP contribution in [-0.4, -0.2) is 0 Å². The summed E-state index contributed by atoms with van der Waals surface area (Å²) in [6, 6.07) is 1.46. The minimum absolute atomic E-state index is 0.0162. The number of hydrogen-bond donors (Lipinski definition) is 0. The van der Waals surface area contributed by atoms with Crippen LogP contribution in [-0.2, 0) is 0 Å². The summed E-state index contributed by atoms with van der Waals surface area (Å²) in [6.45, 7) is 1.75. The molecule has 0 saturated heterocycles. The average Bonchev–Trinajstić information content (AvgIpc) is 1.87. The van der Waals surface area contributed by atoms with E-state index in [1.807, 2.05) is 0 Å². The second-order valence-corrected chi connectivity index (χ2v) is 1.98. The van der Waals surface area contributed by atoms with Crippen molar-refractivity contribution in [2.24, 2.45) is 0 Å². The predicted molar refractivity (Wildman–Crippen MR) is 27.6 cm³/mol. The van der Waals surface area contributed by atoms with Gasteiger partial charge >= 0.3 is 0 Å². The summed E-state index contributed by atoms with van der Waals surface area (Å²) in [6.07, 6.45) is 0. The summed E-state index contributed by atoms with van der Waals surface area (Å²) in [7, 11) is 0. The van der Waals surface area contributed by atoms with Crippen LogP contribution >= 0.6 is 11.6 Å². The van der Waals surface area contributed by atoms with Gasteiger partial charge < -0.3 is 3.85 Å². The zero-order valence-corrected chi connectivity index (χ0v) is 4.62. The Bertz CT molecular complexity index is 197. The van der Waals surface area contributed by atoms with Gasteiger partial charge in [0.05, 0.1) is 11.6 Å². The van der Waals surface area contributed by atoms with E-state index in [4.69, 9.17) is 3.85 Å². The van der Waals surface area contributed by atoms with E-state index in [1.165, 1.54) is 6.07 Å². The van der Waals surface area contributed by atoms with Crippen LogP contribution in [0.25, 0.3) is 0 Å². The van der Waals surface area contributed by atoms with Crippen LogP contribution in [0.2, 0.25) is 0 Å². The molecule has 0 aliphatic rings. The summed E-state index contributed by atoms with van der Waals surface area (Å²) in [5, 5.41) is 0. The molecule has 7 heavy (non-hydrogen) atoms. The molecule has 0 spiro atoms. The highest BCUT2D eigenvalue weighted by Crippen LogP contribution is 1.94. The van der Waals surface area contributed by atoms with Gasteiger partial charge in [-0.3, -0.25) is 4.79 Å². The molecule has 0 aliphatic heterocycles. The van der Waals surface area contributed by atoms with Crippen molar-refractivity contribution in [3.63, 3.8) is 0 Å². The first kappa shape index (κ1) is 4.59. The molecular formula is C4H4O2S. The maximum Gasteiger partial charge on any atom is 0.269 e.